The summed E-state index contributed by atoms with van der Waals surface area (Å²) >= 11 is 0. The van der Waals surface area contributed by atoms with Crippen LogP contribution >= 0.6 is 0 Å². The van der Waals surface area contributed by atoms with E-state index in [1.54, 1.807) is 6.33 Å². The summed E-state index contributed by atoms with van der Waals surface area (Å²) in [6, 6.07) is 0. The summed E-state index contributed by atoms with van der Waals surface area (Å²) in [5, 5.41) is 10.7. The molecule has 0 bridgehead atoms. The van der Waals surface area contributed by atoms with Crippen LogP contribution in [0.3, 0.4) is 0 Å². The van der Waals surface area contributed by atoms with Gasteiger partial charge in [-0.15, -0.1) is 10.2 Å². The third-order valence-electron chi connectivity index (χ3n) is 3.33. The summed E-state index contributed by atoms with van der Waals surface area (Å²) in [7, 11) is 0. The molecule has 1 rings (SSSR count). The molecular formula is C13H25N5O. The number of hydrogen-bond donors (Lipinski definition) is 2. The molecule has 0 aliphatic carbocycles. The van der Waals surface area contributed by atoms with Crippen molar-refractivity contribution < 1.29 is 4.79 Å². The second-order valence-corrected chi connectivity index (χ2v) is 5.51. The summed E-state index contributed by atoms with van der Waals surface area (Å²) in [6.45, 7) is 8.20. The lowest BCUT2D eigenvalue weighted by molar-refractivity contribution is -0.121. The van der Waals surface area contributed by atoms with Gasteiger partial charge in [-0.1, -0.05) is 13.8 Å². The van der Waals surface area contributed by atoms with Gasteiger partial charge in [-0.05, 0) is 31.7 Å². The third kappa shape index (κ3) is 5.38. The van der Waals surface area contributed by atoms with Gasteiger partial charge >= 0.3 is 0 Å². The number of nitrogens with zero attached hydrogens (tertiary/aromatic N) is 3. The second kappa shape index (κ2) is 7.23. The van der Waals surface area contributed by atoms with Gasteiger partial charge in [0.15, 0.2) is 5.82 Å². The molecule has 0 aromatic carbocycles. The number of carbonyl (C=O) groups excluding carboxylic acids is 1. The van der Waals surface area contributed by atoms with Gasteiger partial charge in [0.2, 0.25) is 5.91 Å². The summed E-state index contributed by atoms with van der Waals surface area (Å²) in [4.78, 5) is 11.8. The molecule has 1 aromatic rings. The third-order valence-corrected chi connectivity index (χ3v) is 3.33. The topological polar surface area (TPSA) is 85.8 Å². The first kappa shape index (κ1) is 15.6. The van der Waals surface area contributed by atoms with Crippen LogP contribution in [0.4, 0.5) is 0 Å². The maximum Gasteiger partial charge on any atom is 0.220 e. The number of carbonyl (C=O) groups is 1. The highest BCUT2D eigenvalue weighted by atomic mass is 16.1. The van der Waals surface area contributed by atoms with E-state index in [0.717, 1.165) is 25.2 Å². The first-order valence-electron chi connectivity index (χ1n) is 6.82. The van der Waals surface area contributed by atoms with E-state index in [2.05, 4.69) is 29.4 Å². The van der Waals surface area contributed by atoms with Crippen molar-refractivity contribution in [3.8, 4) is 0 Å². The standard InChI is InChI=1S/C13H25N5O/c1-4-18-10-16-17-11(18)9-15-12(19)5-6-13(2,3)7-8-14/h10H,4-9,14H2,1-3H3,(H,15,19). The van der Waals surface area contributed by atoms with Gasteiger partial charge in [-0.25, -0.2) is 0 Å². The zero-order chi connectivity index (χ0) is 14.3. The molecule has 0 fully saturated rings. The lowest BCUT2D eigenvalue weighted by atomic mass is 9.84. The zero-order valence-corrected chi connectivity index (χ0v) is 12.1. The minimum atomic E-state index is 0.0516. The Balaban J connectivity index is 2.32. The van der Waals surface area contributed by atoms with E-state index in [9.17, 15) is 4.79 Å². The molecule has 1 amide bonds. The maximum absolute atomic E-state index is 11.8. The number of amides is 1. The van der Waals surface area contributed by atoms with E-state index in [0.29, 0.717) is 19.5 Å². The van der Waals surface area contributed by atoms with Crippen LogP contribution < -0.4 is 11.1 Å². The molecule has 0 radical (unpaired) electrons. The van der Waals surface area contributed by atoms with Crippen LogP contribution in [0.5, 0.6) is 0 Å². The van der Waals surface area contributed by atoms with Crippen molar-refractivity contribution in [2.45, 2.75) is 53.1 Å². The predicted molar refractivity (Wildman–Crippen MR) is 74.2 cm³/mol. The molecule has 0 aliphatic heterocycles. The van der Waals surface area contributed by atoms with Gasteiger partial charge in [0, 0.05) is 13.0 Å². The predicted octanol–water partition coefficient (Wildman–Crippen LogP) is 1.07. The molecule has 0 saturated heterocycles. The zero-order valence-electron chi connectivity index (χ0n) is 12.1. The molecular weight excluding hydrogens is 242 g/mol. The molecule has 0 atom stereocenters. The van der Waals surface area contributed by atoms with E-state index in [4.69, 9.17) is 5.73 Å². The van der Waals surface area contributed by atoms with Crippen LogP contribution in [0.2, 0.25) is 0 Å². The van der Waals surface area contributed by atoms with Gasteiger partial charge in [0.25, 0.3) is 0 Å². The largest absolute Gasteiger partial charge is 0.349 e. The molecule has 19 heavy (non-hydrogen) atoms. The van der Waals surface area contributed by atoms with Gasteiger partial charge < -0.3 is 15.6 Å². The fourth-order valence-corrected chi connectivity index (χ4v) is 1.91. The van der Waals surface area contributed by atoms with Gasteiger partial charge in [-0.2, -0.15) is 0 Å². The smallest absolute Gasteiger partial charge is 0.220 e. The Kier molecular flexibility index (Phi) is 5.95. The lowest BCUT2D eigenvalue weighted by Crippen LogP contribution is -2.26. The summed E-state index contributed by atoms with van der Waals surface area (Å²) < 4.78 is 1.92. The fourth-order valence-electron chi connectivity index (χ4n) is 1.91. The van der Waals surface area contributed by atoms with Crippen molar-refractivity contribution in [2.24, 2.45) is 11.1 Å². The molecule has 3 N–H and O–H groups in total. The first-order chi connectivity index (χ1) is 8.98. The molecule has 6 heteroatoms. The van der Waals surface area contributed by atoms with E-state index in [1.807, 2.05) is 11.5 Å². The molecule has 6 nitrogen and oxygen atoms in total. The number of nitrogens with one attached hydrogen (secondary N) is 1. The Labute approximate surface area is 114 Å². The van der Waals surface area contributed by atoms with Gasteiger partial charge in [0.05, 0.1) is 6.54 Å². The van der Waals surface area contributed by atoms with E-state index in [1.165, 1.54) is 0 Å². The summed E-state index contributed by atoms with van der Waals surface area (Å²) in [6.07, 6.45) is 3.97. The quantitative estimate of drug-likeness (QED) is 0.737. The SMILES string of the molecule is CCn1cnnc1CNC(=O)CCC(C)(C)CCN. The Morgan fingerprint density at radius 3 is 2.84 bits per heavy atom. The monoisotopic (exact) mass is 267 g/mol. The molecule has 0 spiro atoms. The summed E-state index contributed by atoms with van der Waals surface area (Å²) in [5.74, 6) is 0.841. The Morgan fingerprint density at radius 2 is 2.21 bits per heavy atom. The van der Waals surface area contributed by atoms with Crippen molar-refractivity contribution in [2.75, 3.05) is 6.54 Å². The number of aromatic nitrogens is 3. The molecule has 1 heterocycles. The second-order valence-electron chi connectivity index (χ2n) is 5.51. The molecule has 0 aliphatic rings. The number of rotatable bonds is 8. The van der Waals surface area contributed by atoms with E-state index >= 15 is 0 Å². The van der Waals surface area contributed by atoms with Gasteiger partial charge in [0.1, 0.15) is 6.33 Å². The van der Waals surface area contributed by atoms with Crippen LogP contribution in [-0.4, -0.2) is 27.2 Å². The average Bonchev–Trinajstić information content (AvgIpc) is 2.81. The van der Waals surface area contributed by atoms with Crippen LogP contribution in [-0.2, 0) is 17.9 Å². The number of aryl methyl sites for hydroxylation is 1. The molecule has 0 saturated carbocycles. The van der Waals surface area contributed by atoms with E-state index in [-0.39, 0.29) is 11.3 Å². The normalized spacial score (nSPS) is 11.6. The van der Waals surface area contributed by atoms with Crippen LogP contribution in [0.15, 0.2) is 6.33 Å². The van der Waals surface area contributed by atoms with Crippen LogP contribution in [0.1, 0.15) is 45.9 Å². The van der Waals surface area contributed by atoms with Gasteiger partial charge in [-0.3, -0.25) is 4.79 Å². The van der Waals surface area contributed by atoms with Crippen LogP contribution in [0.25, 0.3) is 0 Å². The highest BCUT2D eigenvalue weighted by molar-refractivity contribution is 5.75. The fraction of sp³-hybridized carbons (Fsp3) is 0.769. The van der Waals surface area contributed by atoms with Crippen molar-refractivity contribution >= 4 is 5.91 Å². The number of hydrogen-bond acceptors (Lipinski definition) is 4. The van der Waals surface area contributed by atoms with Crippen molar-refractivity contribution in [3.05, 3.63) is 12.2 Å². The number of nitrogens with two attached hydrogens (primary N) is 1. The van der Waals surface area contributed by atoms with Crippen LogP contribution in [0, 0.1) is 5.41 Å². The van der Waals surface area contributed by atoms with Crippen molar-refractivity contribution in [1.29, 1.82) is 0 Å². The Morgan fingerprint density at radius 1 is 1.47 bits per heavy atom. The molecule has 108 valence electrons. The summed E-state index contributed by atoms with van der Waals surface area (Å²) in [5.41, 5.74) is 5.68. The Hall–Kier alpha value is -1.43. The highest BCUT2D eigenvalue weighted by Gasteiger charge is 2.18. The maximum atomic E-state index is 11.8. The molecule has 0 unspecified atom stereocenters. The van der Waals surface area contributed by atoms with Crippen molar-refractivity contribution in [1.82, 2.24) is 20.1 Å². The lowest BCUT2D eigenvalue weighted by Gasteiger charge is -2.23. The minimum absolute atomic E-state index is 0.0516. The minimum Gasteiger partial charge on any atom is -0.349 e. The molecule has 1 aromatic heterocycles. The first-order valence-corrected chi connectivity index (χ1v) is 6.82. The Bertz CT molecular complexity index is 399. The highest BCUT2D eigenvalue weighted by Crippen LogP contribution is 2.25. The van der Waals surface area contributed by atoms with E-state index < -0.39 is 0 Å². The van der Waals surface area contributed by atoms with Crippen molar-refractivity contribution in [3.63, 3.8) is 0 Å². The average molecular weight is 267 g/mol.